The van der Waals surface area contributed by atoms with E-state index in [1.807, 2.05) is 0 Å². The number of terminal acetylenes is 1. The number of hydrogen-bond donors (Lipinski definition) is 4. The van der Waals surface area contributed by atoms with Crippen LogP contribution in [0.5, 0.6) is 0 Å². The van der Waals surface area contributed by atoms with Crippen molar-refractivity contribution in [2.45, 2.75) is 31.3 Å². The molecule has 5 nitrogen and oxygen atoms in total. The quantitative estimate of drug-likeness (QED) is 0.408. The van der Waals surface area contributed by atoms with E-state index >= 15 is 0 Å². The molecular weight excluding hydrogens is 196 g/mol. The molecule has 0 heterocycles. The van der Waals surface area contributed by atoms with Gasteiger partial charge < -0.3 is 21.3 Å². The summed E-state index contributed by atoms with van der Waals surface area (Å²) < 4.78 is 0. The van der Waals surface area contributed by atoms with Crippen molar-refractivity contribution in [3.8, 4) is 12.3 Å². The minimum atomic E-state index is -1.01. The fourth-order valence-corrected chi connectivity index (χ4v) is 1.01. The number of carbonyl (C=O) groups is 1. The minimum absolute atomic E-state index is 0.127. The summed E-state index contributed by atoms with van der Waals surface area (Å²) in [6.07, 6.45) is 5.56. The van der Waals surface area contributed by atoms with Crippen molar-refractivity contribution < 1.29 is 15.0 Å². The molecule has 0 aromatic carbocycles. The molecule has 0 bridgehead atoms. The maximum atomic E-state index is 11.5. The van der Waals surface area contributed by atoms with Crippen LogP contribution >= 0.6 is 0 Å². The molecule has 15 heavy (non-hydrogen) atoms. The minimum Gasteiger partial charge on any atom is -0.394 e. The van der Waals surface area contributed by atoms with Crippen molar-refractivity contribution in [3.63, 3.8) is 0 Å². The highest BCUT2D eigenvalue weighted by Gasteiger charge is 2.30. The van der Waals surface area contributed by atoms with E-state index < -0.39 is 17.5 Å². The molecule has 0 aliphatic carbocycles. The molecule has 0 aromatic rings. The van der Waals surface area contributed by atoms with E-state index in [-0.39, 0.29) is 19.6 Å². The predicted octanol–water partition coefficient (Wildman–Crippen LogP) is -1.41. The van der Waals surface area contributed by atoms with Crippen molar-refractivity contribution >= 4 is 5.91 Å². The van der Waals surface area contributed by atoms with Crippen molar-refractivity contribution in [2.24, 2.45) is 5.73 Å². The number of amides is 1. The summed E-state index contributed by atoms with van der Waals surface area (Å²) >= 11 is 0. The first-order valence-corrected chi connectivity index (χ1v) is 4.78. The van der Waals surface area contributed by atoms with Crippen LogP contribution in [-0.4, -0.2) is 40.9 Å². The van der Waals surface area contributed by atoms with Gasteiger partial charge in [0, 0.05) is 6.42 Å². The Balaban J connectivity index is 4.42. The second-order valence-electron chi connectivity index (χ2n) is 3.45. The van der Waals surface area contributed by atoms with Crippen molar-refractivity contribution in [1.82, 2.24) is 5.32 Å². The zero-order valence-corrected chi connectivity index (χ0v) is 8.86. The number of aliphatic hydroxyl groups is 2. The maximum absolute atomic E-state index is 11.5. The highest BCUT2D eigenvalue weighted by Crippen LogP contribution is 2.08. The first kappa shape index (κ1) is 13.9. The summed E-state index contributed by atoms with van der Waals surface area (Å²) in [5, 5.41) is 20.7. The summed E-state index contributed by atoms with van der Waals surface area (Å²) in [6, 6.07) is -0.806. The van der Waals surface area contributed by atoms with E-state index in [2.05, 4.69) is 11.2 Å². The first-order chi connectivity index (χ1) is 7.05. The monoisotopic (exact) mass is 214 g/mol. The van der Waals surface area contributed by atoms with Crippen LogP contribution in [0, 0.1) is 12.3 Å². The molecule has 0 aliphatic rings. The molecule has 86 valence electrons. The Morgan fingerprint density at radius 1 is 1.60 bits per heavy atom. The fourth-order valence-electron chi connectivity index (χ4n) is 1.01. The zero-order valence-electron chi connectivity index (χ0n) is 8.86. The van der Waals surface area contributed by atoms with Crippen LogP contribution in [0.25, 0.3) is 0 Å². The van der Waals surface area contributed by atoms with E-state index in [1.165, 1.54) is 0 Å². The molecule has 0 saturated carbocycles. The van der Waals surface area contributed by atoms with Crippen LogP contribution in [0.4, 0.5) is 0 Å². The normalized spacial score (nSPS) is 13.0. The largest absolute Gasteiger partial charge is 0.394 e. The Bertz CT molecular complexity index is 235. The van der Waals surface area contributed by atoms with Gasteiger partial charge in [-0.05, 0) is 6.42 Å². The number of hydrogen-bond acceptors (Lipinski definition) is 4. The number of carbonyl (C=O) groups excluding carboxylic acids is 1. The average Bonchev–Trinajstić information content (AvgIpc) is 2.26. The van der Waals surface area contributed by atoms with E-state index in [4.69, 9.17) is 22.4 Å². The third-order valence-corrected chi connectivity index (χ3v) is 2.35. The second-order valence-corrected chi connectivity index (χ2v) is 3.45. The van der Waals surface area contributed by atoms with Crippen LogP contribution in [-0.2, 0) is 4.79 Å². The number of nitrogens with two attached hydrogens (primary N) is 1. The zero-order chi connectivity index (χ0) is 11.9. The molecule has 0 radical (unpaired) electrons. The topological polar surface area (TPSA) is 95.6 Å². The van der Waals surface area contributed by atoms with Gasteiger partial charge in [0.1, 0.15) is 0 Å². The highest BCUT2D eigenvalue weighted by atomic mass is 16.3. The van der Waals surface area contributed by atoms with Gasteiger partial charge in [0.15, 0.2) is 0 Å². The molecule has 1 amide bonds. The lowest BCUT2D eigenvalue weighted by molar-refractivity contribution is -0.125. The summed E-state index contributed by atoms with van der Waals surface area (Å²) in [7, 11) is 0. The average molecular weight is 214 g/mol. The summed E-state index contributed by atoms with van der Waals surface area (Å²) in [5.74, 6) is 1.82. The van der Waals surface area contributed by atoms with Gasteiger partial charge in [-0.25, -0.2) is 0 Å². The van der Waals surface area contributed by atoms with Gasteiger partial charge in [-0.15, -0.1) is 12.3 Å². The van der Waals surface area contributed by atoms with Gasteiger partial charge in [0.05, 0.1) is 24.8 Å². The molecule has 0 aromatic heterocycles. The van der Waals surface area contributed by atoms with Gasteiger partial charge in [0.25, 0.3) is 0 Å². The summed E-state index contributed by atoms with van der Waals surface area (Å²) in [6.45, 7) is 1.07. The van der Waals surface area contributed by atoms with E-state index in [0.29, 0.717) is 6.42 Å². The lowest BCUT2D eigenvalue weighted by atomic mass is 9.97. The lowest BCUT2D eigenvalue weighted by Crippen LogP contribution is -2.57. The summed E-state index contributed by atoms with van der Waals surface area (Å²) in [5.41, 5.74) is 4.47. The van der Waals surface area contributed by atoms with Gasteiger partial charge in [-0.3, -0.25) is 4.79 Å². The molecular formula is C10H18N2O3. The Morgan fingerprint density at radius 3 is 2.47 bits per heavy atom. The number of rotatable bonds is 6. The fraction of sp³-hybridized carbons (Fsp3) is 0.700. The molecule has 1 atom stereocenters. The van der Waals surface area contributed by atoms with E-state index in [1.54, 1.807) is 6.92 Å². The van der Waals surface area contributed by atoms with Crippen molar-refractivity contribution in [3.05, 3.63) is 0 Å². The number of nitrogens with one attached hydrogen (secondary N) is 1. The summed E-state index contributed by atoms with van der Waals surface area (Å²) in [4.78, 5) is 11.5. The highest BCUT2D eigenvalue weighted by molar-refractivity contribution is 5.82. The van der Waals surface area contributed by atoms with Crippen LogP contribution < -0.4 is 11.1 Å². The van der Waals surface area contributed by atoms with Crippen LogP contribution in [0.2, 0.25) is 0 Å². The molecule has 5 N–H and O–H groups in total. The predicted molar refractivity (Wildman–Crippen MR) is 56.8 cm³/mol. The van der Waals surface area contributed by atoms with E-state index in [9.17, 15) is 4.79 Å². The molecule has 0 rings (SSSR count). The van der Waals surface area contributed by atoms with Gasteiger partial charge >= 0.3 is 0 Å². The second kappa shape index (κ2) is 6.40. The Labute approximate surface area is 89.7 Å². The molecule has 0 fully saturated rings. The van der Waals surface area contributed by atoms with Crippen LogP contribution in [0.3, 0.4) is 0 Å². The maximum Gasteiger partial charge on any atom is 0.238 e. The van der Waals surface area contributed by atoms with Crippen molar-refractivity contribution in [2.75, 3.05) is 13.2 Å². The molecule has 0 aliphatic heterocycles. The Hall–Kier alpha value is -1.09. The SMILES string of the molecule is C#CCC(N)C(=O)NC(CC)(CO)CO. The van der Waals surface area contributed by atoms with E-state index in [0.717, 1.165) is 0 Å². The van der Waals surface area contributed by atoms with Gasteiger partial charge in [-0.1, -0.05) is 6.92 Å². The Kier molecular flexibility index (Phi) is 5.94. The molecule has 0 saturated heterocycles. The number of aliphatic hydroxyl groups excluding tert-OH is 2. The van der Waals surface area contributed by atoms with Crippen molar-refractivity contribution in [1.29, 1.82) is 0 Å². The lowest BCUT2D eigenvalue weighted by Gasteiger charge is -2.30. The third-order valence-electron chi connectivity index (χ3n) is 2.35. The van der Waals surface area contributed by atoms with Gasteiger partial charge in [0.2, 0.25) is 5.91 Å². The molecule has 1 unspecified atom stereocenters. The molecule has 0 spiro atoms. The third kappa shape index (κ3) is 3.88. The Morgan fingerprint density at radius 2 is 2.13 bits per heavy atom. The smallest absolute Gasteiger partial charge is 0.238 e. The molecule has 5 heteroatoms. The van der Waals surface area contributed by atoms with Crippen LogP contribution in [0.15, 0.2) is 0 Å². The standard InChI is InChI=1S/C10H18N2O3/c1-3-5-8(11)9(15)12-10(4-2,6-13)7-14/h1,8,13-14H,4-7,11H2,2H3,(H,12,15). The first-order valence-electron chi connectivity index (χ1n) is 4.78. The van der Waals surface area contributed by atoms with Gasteiger partial charge in [-0.2, -0.15) is 0 Å². The van der Waals surface area contributed by atoms with Crippen LogP contribution in [0.1, 0.15) is 19.8 Å².